The van der Waals surface area contributed by atoms with E-state index in [0.717, 1.165) is 29.7 Å². The van der Waals surface area contributed by atoms with Gasteiger partial charge >= 0.3 is 0 Å². The number of rotatable bonds is 1. The van der Waals surface area contributed by atoms with Crippen LogP contribution in [0.1, 0.15) is 37.4 Å². The van der Waals surface area contributed by atoms with Crippen molar-refractivity contribution < 1.29 is 0 Å². The van der Waals surface area contributed by atoms with E-state index in [0.29, 0.717) is 12.0 Å². The molecule has 0 saturated heterocycles. The van der Waals surface area contributed by atoms with Crippen LogP contribution in [0.2, 0.25) is 0 Å². The van der Waals surface area contributed by atoms with Crippen molar-refractivity contribution in [1.82, 2.24) is 19.7 Å². The Morgan fingerprint density at radius 3 is 3.00 bits per heavy atom. The maximum Gasteiger partial charge on any atom is 0.222 e. The summed E-state index contributed by atoms with van der Waals surface area (Å²) in [4.78, 5) is 9.16. The first-order valence-electron chi connectivity index (χ1n) is 7.46. The number of hydrogen-bond acceptors (Lipinski definition) is 4. The topological polar surface area (TPSA) is 55.6 Å². The fourth-order valence-corrected chi connectivity index (χ4v) is 3.42. The average Bonchev–Trinajstić information content (AvgIpc) is 2.92. The van der Waals surface area contributed by atoms with Crippen LogP contribution < -0.4 is 5.32 Å². The molecule has 0 spiro atoms. The second kappa shape index (κ2) is 4.58. The zero-order chi connectivity index (χ0) is 13.5. The van der Waals surface area contributed by atoms with Crippen molar-refractivity contribution in [2.24, 2.45) is 5.92 Å². The molecule has 104 valence electrons. The first kappa shape index (κ1) is 11.9. The lowest BCUT2D eigenvalue weighted by molar-refractivity contribution is 0.222. The van der Waals surface area contributed by atoms with Gasteiger partial charge in [-0.1, -0.05) is 18.9 Å². The zero-order valence-corrected chi connectivity index (χ0v) is 11.7. The Hall–Kier alpha value is -1.91. The standard InChI is InChI=1S/C15H19N5/c1-10-5-4-7-12(17-10)14-18-15-16-9-11-6-2-3-8-13(11)20(15)19-14/h4-5,7,11,13H,2-3,6,8-9H2,1H3,(H,16,18,19). The second-order valence-corrected chi connectivity index (χ2v) is 5.86. The first-order valence-corrected chi connectivity index (χ1v) is 7.46. The van der Waals surface area contributed by atoms with E-state index in [1.165, 1.54) is 25.7 Å². The molecule has 1 saturated carbocycles. The number of nitrogens with zero attached hydrogens (tertiary/aromatic N) is 4. The van der Waals surface area contributed by atoms with Gasteiger partial charge in [0, 0.05) is 12.2 Å². The highest BCUT2D eigenvalue weighted by atomic mass is 15.4. The molecule has 0 aromatic carbocycles. The van der Waals surface area contributed by atoms with E-state index in [2.05, 4.69) is 20.0 Å². The summed E-state index contributed by atoms with van der Waals surface area (Å²) in [6.07, 6.45) is 5.18. The summed E-state index contributed by atoms with van der Waals surface area (Å²) in [7, 11) is 0. The van der Waals surface area contributed by atoms with Gasteiger partial charge in [-0.05, 0) is 37.8 Å². The minimum atomic E-state index is 0.519. The lowest BCUT2D eigenvalue weighted by Gasteiger charge is -2.36. The van der Waals surface area contributed by atoms with E-state index in [1.807, 2.05) is 25.1 Å². The van der Waals surface area contributed by atoms with Gasteiger partial charge in [-0.15, -0.1) is 5.10 Å². The van der Waals surface area contributed by atoms with Crippen LogP contribution in [-0.4, -0.2) is 26.3 Å². The molecule has 0 radical (unpaired) electrons. The molecule has 2 aromatic rings. The third-order valence-corrected chi connectivity index (χ3v) is 4.45. The zero-order valence-electron chi connectivity index (χ0n) is 11.7. The van der Waals surface area contributed by atoms with E-state index in [4.69, 9.17) is 5.10 Å². The van der Waals surface area contributed by atoms with Crippen molar-refractivity contribution in [3.8, 4) is 11.5 Å². The van der Waals surface area contributed by atoms with Crippen LogP contribution in [0.25, 0.3) is 11.5 Å². The fourth-order valence-electron chi connectivity index (χ4n) is 3.42. The second-order valence-electron chi connectivity index (χ2n) is 5.86. The SMILES string of the molecule is Cc1cccc(-c2nc3n(n2)C2CCCCC2CN3)n1. The molecular weight excluding hydrogens is 250 g/mol. The molecule has 1 aliphatic heterocycles. The molecule has 1 N–H and O–H groups in total. The number of aromatic nitrogens is 4. The Balaban J connectivity index is 1.73. The largest absolute Gasteiger partial charge is 0.354 e. The molecule has 20 heavy (non-hydrogen) atoms. The molecule has 0 bridgehead atoms. The van der Waals surface area contributed by atoms with Crippen LogP contribution in [0.15, 0.2) is 18.2 Å². The van der Waals surface area contributed by atoms with Crippen molar-refractivity contribution in [2.75, 3.05) is 11.9 Å². The van der Waals surface area contributed by atoms with Crippen LogP contribution in [0, 0.1) is 12.8 Å². The van der Waals surface area contributed by atoms with Crippen molar-refractivity contribution in [1.29, 1.82) is 0 Å². The van der Waals surface area contributed by atoms with Gasteiger partial charge in [0.2, 0.25) is 11.8 Å². The van der Waals surface area contributed by atoms with Crippen LogP contribution in [0.5, 0.6) is 0 Å². The minimum absolute atomic E-state index is 0.519. The summed E-state index contributed by atoms with van der Waals surface area (Å²) in [6, 6.07) is 6.50. The number of hydrogen-bond donors (Lipinski definition) is 1. The fraction of sp³-hybridized carbons (Fsp3) is 0.533. The molecule has 0 amide bonds. The van der Waals surface area contributed by atoms with Gasteiger partial charge < -0.3 is 5.32 Å². The van der Waals surface area contributed by atoms with Crippen LogP contribution in [-0.2, 0) is 0 Å². The highest BCUT2D eigenvalue weighted by Gasteiger charge is 2.33. The maximum atomic E-state index is 4.73. The monoisotopic (exact) mass is 269 g/mol. The third kappa shape index (κ3) is 1.88. The van der Waals surface area contributed by atoms with Gasteiger partial charge in [0.1, 0.15) is 5.69 Å². The van der Waals surface area contributed by atoms with Gasteiger partial charge in [-0.25, -0.2) is 9.67 Å². The lowest BCUT2D eigenvalue weighted by atomic mass is 9.84. The molecule has 2 aromatic heterocycles. The van der Waals surface area contributed by atoms with E-state index in [1.54, 1.807) is 0 Å². The lowest BCUT2D eigenvalue weighted by Crippen LogP contribution is -2.35. The molecule has 5 nitrogen and oxygen atoms in total. The molecule has 2 unspecified atom stereocenters. The van der Waals surface area contributed by atoms with Crippen LogP contribution in [0.3, 0.4) is 0 Å². The third-order valence-electron chi connectivity index (χ3n) is 4.45. The van der Waals surface area contributed by atoms with Gasteiger partial charge in [-0.2, -0.15) is 4.98 Å². The van der Waals surface area contributed by atoms with Crippen molar-refractivity contribution in [2.45, 2.75) is 38.6 Å². The molecule has 1 fully saturated rings. The number of fused-ring (bicyclic) bond motifs is 3. The van der Waals surface area contributed by atoms with Crippen LogP contribution >= 0.6 is 0 Å². The molecule has 3 heterocycles. The quantitative estimate of drug-likeness (QED) is 0.865. The van der Waals surface area contributed by atoms with E-state index in [-0.39, 0.29) is 0 Å². The summed E-state index contributed by atoms with van der Waals surface area (Å²) in [6.45, 7) is 3.03. The molecule has 4 rings (SSSR count). The number of anilines is 1. The Morgan fingerprint density at radius 2 is 2.10 bits per heavy atom. The normalized spacial score (nSPS) is 24.6. The number of pyridine rings is 1. The maximum absolute atomic E-state index is 4.73. The molecule has 1 aliphatic carbocycles. The average molecular weight is 269 g/mol. The Bertz CT molecular complexity index is 633. The van der Waals surface area contributed by atoms with Gasteiger partial charge in [0.05, 0.1) is 6.04 Å². The summed E-state index contributed by atoms with van der Waals surface area (Å²) >= 11 is 0. The predicted octanol–water partition coefficient (Wildman–Crippen LogP) is 2.81. The number of aryl methyl sites for hydroxylation is 1. The number of nitrogens with one attached hydrogen (secondary N) is 1. The van der Waals surface area contributed by atoms with E-state index >= 15 is 0 Å². The van der Waals surface area contributed by atoms with Crippen molar-refractivity contribution in [3.05, 3.63) is 23.9 Å². The predicted molar refractivity (Wildman–Crippen MR) is 77.5 cm³/mol. The summed E-state index contributed by atoms with van der Waals surface area (Å²) < 4.78 is 2.10. The summed E-state index contributed by atoms with van der Waals surface area (Å²) in [5, 5.41) is 8.16. The molecule has 5 heteroatoms. The first-order chi connectivity index (χ1) is 9.81. The van der Waals surface area contributed by atoms with Gasteiger partial charge in [0.15, 0.2) is 0 Å². The highest BCUT2D eigenvalue weighted by molar-refractivity contribution is 5.51. The smallest absolute Gasteiger partial charge is 0.222 e. The van der Waals surface area contributed by atoms with Gasteiger partial charge in [-0.3, -0.25) is 0 Å². The Kier molecular flexibility index (Phi) is 2.72. The van der Waals surface area contributed by atoms with Crippen molar-refractivity contribution >= 4 is 5.95 Å². The van der Waals surface area contributed by atoms with E-state index in [9.17, 15) is 0 Å². The Labute approximate surface area is 118 Å². The minimum Gasteiger partial charge on any atom is -0.354 e. The van der Waals surface area contributed by atoms with Gasteiger partial charge in [0.25, 0.3) is 0 Å². The summed E-state index contributed by atoms with van der Waals surface area (Å²) in [5.74, 6) is 2.35. The highest BCUT2D eigenvalue weighted by Crippen LogP contribution is 2.38. The van der Waals surface area contributed by atoms with Crippen LogP contribution in [0.4, 0.5) is 5.95 Å². The summed E-state index contributed by atoms with van der Waals surface area (Å²) in [5.41, 5.74) is 1.86. The molecule has 2 atom stereocenters. The van der Waals surface area contributed by atoms with E-state index < -0.39 is 0 Å². The molecular formula is C15H19N5. The Morgan fingerprint density at radius 1 is 1.20 bits per heavy atom. The molecule has 2 aliphatic rings. The van der Waals surface area contributed by atoms with Crippen molar-refractivity contribution in [3.63, 3.8) is 0 Å².